The van der Waals surface area contributed by atoms with Crippen LogP contribution in [0, 0.1) is 5.92 Å². The van der Waals surface area contributed by atoms with Gasteiger partial charge < -0.3 is 15.1 Å². The van der Waals surface area contributed by atoms with Crippen molar-refractivity contribution >= 4 is 29.3 Å². The first-order valence-electron chi connectivity index (χ1n) is 11.2. The minimum atomic E-state index is -0.575. The lowest BCUT2D eigenvalue weighted by Gasteiger charge is -2.37. The topological polar surface area (TPSA) is 69.7 Å². The van der Waals surface area contributed by atoms with Crippen LogP contribution in [-0.4, -0.2) is 59.7 Å². The highest BCUT2D eigenvalue weighted by Gasteiger charge is 2.37. The Morgan fingerprint density at radius 3 is 2.06 bits per heavy atom. The summed E-state index contributed by atoms with van der Waals surface area (Å²) in [6.45, 7) is 2.59. The summed E-state index contributed by atoms with van der Waals surface area (Å²) in [5, 5.41) is 3.61. The molecule has 2 aliphatic heterocycles. The number of hydrogen-bond acceptors (Lipinski definition) is 3. The van der Waals surface area contributed by atoms with Crippen molar-refractivity contribution in [1.29, 1.82) is 0 Å². The fourth-order valence-corrected chi connectivity index (χ4v) is 4.67. The van der Waals surface area contributed by atoms with Crippen molar-refractivity contribution in [1.82, 2.24) is 15.1 Å². The number of halogens is 1. The van der Waals surface area contributed by atoms with Gasteiger partial charge in [0.1, 0.15) is 6.04 Å². The van der Waals surface area contributed by atoms with Gasteiger partial charge in [-0.2, -0.15) is 0 Å². The molecule has 1 atom stereocenters. The number of nitrogens with zero attached hydrogens (tertiary/aromatic N) is 2. The van der Waals surface area contributed by atoms with Gasteiger partial charge >= 0.3 is 0 Å². The number of amides is 3. The summed E-state index contributed by atoms with van der Waals surface area (Å²) >= 11 is 5.93. The second kappa shape index (κ2) is 10.2. The van der Waals surface area contributed by atoms with Crippen LogP contribution in [0.25, 0.3) is 0 Å². The van der Waals surface area contributed by atoms with Crippen LogP contribution in [0.1, 0.15) is 46.4 Å². The van der Waals surface area contributed by atoms with Crippen molar-refractivity contribution < 1.29 is 14.4 Å². The summed E-state index contributed by atoms with van der Waals surface area (Å²) in [6, 6.07) is 15.3. The first-order chi connectivity index (χ1) is 15.5. The van der Waals surface area contributed by atoms with Crippen LogP contribution in [0.2, 0.25) is 5.02 Å². The number of likely N-dealkylation sites (tertiary alicyclic amines) is 2. The molecular formula is C25H28ClN3O3. The fraction of sp³-hybridized carbons (Fsp3) is 0.400. The molecule has 7 heteroatoms. The molecule has 3 amide bonds. The highest BCUT2D eigenvalue weighted by Crippen LogP contribution is 2.25. The smallest absolute Gasteiger partial charge is 0.253 e. The molecule has 0 spiro atoms. The quantitative estimate of drug-likeness (QED) is 0.751. The Bertz CT molecular complexity index is 950. The Balaban J connectivity index is 1.44. The van der Waals surface area contributed by atoms with Crippen LogP contribution < -0.4 is 5.32 Å². The van der Waals surface area contributed by atoms with E-state index < -0.39 is 6.04 Å². The molecule has 2 aromatic rings. The molecule has 168 valence electrons. The van der Waals surface area contributed by atoms with E-state index in [9.17, 15) is 14.4 Å². The van der Waals surface area contributed by atoms with Crippen LogP contribution >= 0.6 is 11.6 Å². The second-order valence-electron chi connectivity index (χ2n) is 8.49. The average molecular weight is 454 g/mol. The van der Waals surface area contributed by atoms with E-state index in [1.165, 1.54) is 0 Å². The van der Waals surface area contributed by atoms with E-state index in [-0.39, 0.29) is 23.6 Å². The van der Waals surface area contributed by atoms with Crippen molar-refractivity contribution in [2.24, 2.45) is 5.92 Å². The lowest BCUT2D eigenvalue weighted by Crippen LogP contribution is -2.54. The summed E-state index contributed by atoms with van der Waals surface area (Å²) in [6.07, 6.45) is 3.33. The minimum Gasteiger partial charge on any atom is -0.341 e. The largest absolute Gasteiger partial charge is 0.341 e. The molecule has 0 saturated carbocycles. The number of nitrogens with one attached hydrogen (secondary N) is 1. The van der Waals surface area contributed by atoms with Crippen molar-refractivity contribution in [3.05, 3.63) is 70.7 Å². The second-order valence-corrected chi connectivity index (χ2v) is 8.92. The molecule has 0 radical (unpaired) electrons. The van der Waals surface area contributed by atoms with Gasteiger partial charge in [-0.25, -0.2) is 0 Å². The van der Waals surface area contributed by atoms with Gasteiger partial charge in [0, 0.05) is 42.3 Å². The number of carbonyl (C=O) groups excluding carboxylic acids is 3. The van der Waals surface area contributed by atoms with Crippen molar-refractivity contribution in [3.8, 4) is 0 Å². The molecule has 2 heterocycles. The summed E-state index contributed by atoms with van der Waals surface area (Å²) in [4.78, 5) is 42.7. The Labute approximate surface area is 193 Å². The molecule has 2 saturated heterocycles. The van der Waals surface area contributed by atoms with Gasteiger partial charge in [0.2, 0.25) is 5.91 Å². The van der Waals surface area contributed by atoms with E-state index in [0.29, 0.717) is 42.1 Å². The molecule has 32 heavy (non-hydrogen) atoms. The summed E-state index contributed by atoms with van der Waals surface area (Å²) in [7, 11) is 0. The van der Waals surface area contributed by atoms with E-state index in [0.717, 1.165) is 25.9 Å². The normalized spacial score (nSPS) is 17.8. The maximum Gasteiger partial charge on any atom is 0.253 e. The van der Waals surface area contributed by atoms with Gasteiger partial charge in [-0.1, -0.05) is 29.8 Å². The highest BCUT2D eigenvalue weighted by molar-refractivity contribution is 6.30. The Morgan fingerprint density at radius 2 is 1.44 bits per heavy atom. The predicted molar refractivity (Wildman–Crippen MR) is 124 cm³/mol. The highest BCUT2D eigenvalue weighted by atomic mass is 35.5. The molecule has 0 unspecified atom stereocenters. The van der Waals surface area contributed by atoms with Gasteiger partial charge in [-0.05, 0) is 68.0 Å². The molecule has 0 aromatic heterocycles. The zero-order valence-corrected chi connectivity index (χ0v) is 18.8. The van der Waals surface area contributed by atoms with Gasteiger partial charge in [-0.15, -0.1) is 0 Å². The molecule has 2 aliphatic rings. The van der Waals surface area contributed by atoms with Gasteiger partial charge in [0.25, 0.3) is 11.8 Å². The average Bonchev–Trinajstić information content (AvgIpc) is 3.38. The van der Waals surface area contributed by atoms with Crippen LogP contribution in [0.15, 0.2) is 54.6 Å². The van der Waals surface area contributed by atoms with E-state index in [4.69, 9.17) is 11.6 Å². The number of rotatable bonds is 5. The van der Waals surface area contributed by atoms with E-state index in [1.54, 1.807) is 36.4 Å². The maximum atomic E-state index is 13.3. The minimum absolute atomic E-state index is 0.00532. The third-order valence-corrected chi connectivity index (χ3v) is 6.65. The van der Waals surface area contributed by atoms with E-state index in [1.807, 2.05) is 28.0 Å². The zero-order chi connectivity index (χ0) is 22.5. The molecule has 0 bridgehead atoms. The first kappa shape index (κ1) is 22.3. The van der Waals surface area contributed by atoms with Crippen LogP contribution in [0.3, 0.4) is 0 Å². The Kier molecular flexibility index (Phi) is 7.10. The number of carbonyl (C=O) groups is 3. The molecule has 0 aliphatic carbocycles. The first-order valence-corrected chi connectivity index (χ1v) is 11.6. The van der Waals surface area contributed by atoms with Gasteiger partial charge in [0.05, 0.1) is 0 Å². The van der Waals surface area contributed by atoms with Gasteiger partial charge in [0.15, 0.2) is 0 Å². The summed E-state index contributed by atoms with van der Waals surface area (Å²) < 4.78 is 0. The molecule has 4 rings (SSSR count). The molecule has 2 aromatic carbocycles. The number of piperidine rings is 1. The number of hydrogen-bond donors (Lipinski definition) is 1. The Morgan fingerprint density at radius 1 is 0.812 bits per heavy atom. The van der Waals surface area contributed by atoms with Crippen LogP contribution in [0.5, 0.6) is 0 Å². The lowest BCUT2D eigenvalue weighted by molar-refractivity contribution is -0.134. The number of benzene rings is 2. The van der Waals surface area contributed by atoms with Crippen molar-refractivity contribution in [2.75, 3.05) is 26.2 Å². The molecule has 2 fully saturated rings. The summed E-state index contributed by atoms with van der Waals surface area (Å²) in [5.74, 6) is -0.280. The van der Waals surface area contributed by atoms with Gasteiger partial charge in [-0.3, -0.25) is 14.4 Å². The van der Waals surface area contributed by atoms with Crippen LogP contribution in [0.4, 0.5) is 0 Å². The molecule has 6 nitrogen and oxygen atoms in total. The third kappa shape index (κ3) is 5.13. The lowest BCUT2D eigenvalue weighted by atomic mass is 9.88. The molecule has 1 N–H and O–H groups in total. The molecular weight excluding hydrogens is 426 g/mol. The van der Waals surface area contributed by atoms with E-state index in [2.05, 4.69) is 5.32 Å². The zero-order valence-electron chi connectivity index (χ0n) is 18.0. The van der Waals surface area contributed by atoms with Crippen molar-refractivity contribution in [2.45, 2.75) is 31.7 Å². The predicted octanol–water partition coefficient (Wildman–Crippen LogP) is 3.61. The van der Waals surface area contributed by atoms with Crippen molar-refractivity contribution in [3.63, 3.8) is 0 Å². The van der Waals surface area contributed by atoms with Crippen LogP contribution in [-0.2, 0) is 4.79 Å². The monoisotopic (exact) mass is 453 g/mol. The Hall–Kier alpha value is -2.86. The third-order valence-electron chi connectivity index (χ3n) is 6.40. The SMILES string of the molecule is O=C(N[C@@H](C(=O)N1CCCC1)C1CCN(C(=O)c2ccc(Cl)cc2)CC1)c1ccccc1. The fourth-order valence-electron chi connectivity index (χ4n) is 4.54. The van der Waals surface area contributed by atoms with E-state index >= 15 is 0 Å². The maximum absolute atomic E-state index is 13.3. The standard InChI is InChI=1S/C25H28ClN3O3/c26-21-10-8-20(9-11-21)24(31)29-16-12-18(13-17-29)22(25(32)28-14-4-5-15-28)27-23(30)19-6-2-1-3-7-19/h1-3,6-11,18,22H,4-5,12-17H2,(H,27,30)/t22-/m1/s1. The summed E-state index contributed by atoms with van der Waals surface area (Å²) in [5.41, 5.74) is 1.15.